The van der Waals surface area contributed by atoms with Gasteiger partial charge in [-0.2, -0.15) is 0 Å². The average Bonchev–Trinajstić information content (AvgIpc) is 3.19. The fourth-order valence-electron chi connectivity index (χ4n) is 4.65. The van der Waals surface area contributed by atoms with Crippen molar-refractivity contribution in [3.63, 3.8) is 0 Å². The summed E-state index contributed by atoms with van der Waals surface area (Å²) in [5, 5.41) is 0. The fourth-order valence-corrected chi connectivity index (χ4v) is 4.65. The van der Waals surface area contributed by atoms with Crippen molar-refractivity contribution in [1.82, 2.24) is 14.5 Å². The van der Waals surface area contributed by atoms with Crippen LogP contribution in [0.1, 0.15) is 43.0 Å². The molecule has 5 rings (SSSR count). The second kappa shape index (κ2) is 3.62. The minimum absolute atomic E-state index is 0.0491. The van der Waals surface area contributed by atoms with E-state index in [0.29, 0.717) is 12.0 Å². The molecule has 102 valence electrons. The first-order valence-electron chi connectivity index (χ1n) is 7.60. The van der Waals surface area contributed by atoms with Crippen LogP contribution in [0.2, 0.25) is 0 Å². The number of rotatable bonds is 1. The molecule has 2 bridgehead atoms. The third-order valence-electron chi connectivity index (χ3n) is 5.50. The molecule has 2 fully saturated rings. The summed E-state index contributed by atoms with van der Waals surface area (Å²) in [4.78, 5) is 19.9. The molecule has 2 aromatic rings. The summed E-state index contributed by atoms with van der Waals surface area (Å²) < 4.78 is 2.05. The second-order valence-electron chi connectivity index (χ2n) is 6.53. The van der Waals surface area contributed by atoms with Crippen LogP contribution in [0.5, 0.6) is 0 Å². The molecule has 0 radical (unpaired) electrons. The van der Waals surface area contributed by atoms with E-state index in [-0.39, 0.29) is 5.69 Å². The molecule has 0 aromatic carbocycles. The molecule has 4 heteroatoms. The second-order valence-corrected chi connectivity index (χ2v) is 6.53. The van der Waals surface area contributed by atoms with Gasteiger partial charge in [0.05, 0.1) is 22.9 Å². The van der Waals surface area contributed by atoms with Crippen LogP contribution in [0.4, 0.5) is 0 Å². The third kappa shape index (κ3) is 1.27. The van der Waals surface area contributed by atoms with Crippen molar-refractivity contribution in [2.45, 2.75) is 38.1 Å². The topological polar surface area (TPSA) is 50.7 Å². The molecular formula is C16H17N3O. The van der Waals surface area contributed by atoms with Crippen LogP contribution in [-0.4, -0.2) is 14.5 Å². The Morgan fingerprint density at radius 1 is 1.30 bits per heavy atom. The van der Waals surface area contributed by atoms with Crippen molar-refractivity contribution in [3.8, 4) is 0 Å². The van der Waals surface area contributed by atoms with E-state index in [9.17, 15) is 4.79 Å². The van der Waals surface area contributed by atoms with Crippen LogP contribution in [0.15, 0.2) is 17.1 Å². The summed E-state index contributed by atoms with van der Waals surface area (Å²) in [6.45, 7) is 0. The van der Waals surface area contributed by atoms with Gasteiger partial charge < -0.3 is 4.98 Å². The van der Waals surface area contributed by atoms with E-state index in [1.54, 1.807) is 0 Å². The number of nitrogens with zero attached hydrogens (tertiary/aromatic N) is 2. The van der Waals surface area contributed by atoms with Crippen LogP contribution in [0, 0.1) is 11.8 Å². The number of aromatic amines is 1. The monoisotopic (exact) mass is 267 g/mol. The Balaban J connectivity index is 1.79. The smallest absolute Gasteiger partial charge is 0.304 e. The van der Waals surface area contributed by atoms with E-state index in [0.717, 1.165) is 34.6 Å². The quantitative estimate of drug-likeness (QED) is 0.863. The van der Waals surface area contributed by atoms with Crippen LogP contribution >= 0.6 is 0 Å². The molecule has 20 heavy (non-hydrogen) atoms. The summed E-state index contributed by atoms with van der Waals surface area (Å²) in [7, 11) is 0. The lowest BCUT2D eigenvalue weighted by atomic mass is 9.95. The van der Waals surface area contributed by atoms with Gasteiger partial charge in [0.15, 0.2) is 0 Å². The highest BCUT2D eigenvalue weighted by Gasteiger charge is 2.41. The van der Waals surface area contributed by atoms with Crippen LogP contribution in [0.3, 0.4) is 0 Å². The lowest BCUT2D eigenvalue weighted by Gasteiger charge is -2.23. The number of imidazole rings is 1. The molecule has 3 aliphatic carbocycles. The van der Waals surface area contributed by atoms with Crippen molar-refractivity contribution in [1.29, 1.82) is 0 Å². The molecule has 0 saturated heterocycles. The zero-order valence-corrected chi connectivity index (χ0v) is 11.3. The molecule has 0 spiro atoms. The van der Waals surface area contributed by atoms with Gasteiger partial charge >= 0.3 is 5.69 Å². The molecule has 2 aromatic heterocycles. The lowest BCUT2D eigenvalue weighted by Crippen LogP contribution is -2.26. The molecule has 2 heterocycles. The van der Waals surface area contributed by atoms with Gasteiger partial charge in [-0.3, -0.25) is 9.55 Å². The zero-order valence-electron chi connectivity index (χ0n) is 11.3. The number of aromatic nitrogens is 3. The van der Waals surface area contributed by atoms with Gasteiger partial charge in [0.2, 0.25) is 0 Å². The summed E-state index contributed by atoms with van der Waals surface area (Å²) in [5.41, 5.74) is 4.29. The summed E-state index contributed by atoms with van der Waals surface area (Å²) in [5.74, 6) is 1.54. The molecule has 2 saturated carbocycles. The first-order valence-corrected chi connectivity index (χ1v) is 7.60. The summed E-state index contributed by atoms with van der Waals surface area (Å²) in [6.07, 6.45) is 12.1. The Morgan fingerprint density at radius 2 is 2.25 bits per heavy atom. The van der Waals surface area contributed by atoms with Gasteiger partial charge in [-0.15, -0.1) is 0 Å². The van der Waals surface area contributed by atoms with E-state index >= 15 is 0 Å². The van der Waals surface area contributed by atoms with E-state index in [1.807, 2.05) is 6.20 Å². The van der Waals surface area contributed by atoms with Crippen LogP contribution in [-0.2, 0) is 6.42 Å². The van der Waals surface area contributed by atoms with Crippen LogP contribution < -0.4 is 5.69 Å². The number of pyridine rings is 1. The molecule has 1 N–H and O–H groups in total. The van der Waals surface area contributed by atoms with Gasteiger partial charge in [0, 0.05) is 18.0 Å². The Hall–Kier alpha value is -1.84. The molecule has 3 atom stereocenters. The van der Waals surface area contributed by atoms with Gasteiger partial charge in [0.1, 0.15) is 0 Å². The molecule has 0 unspecified atom stereocenters. The van der Waals surface area contributed by atoms with Crippen molar-refractivity contribution in [3.05, 3.63) is 34.0 Å². The normalized spacial score (nSPS) is 30.5. The first-order chi connectivity index (χ1) is 9.81. The van der Waals surface area contributed by atoms with E-state index < -0.39 is 0 Å². The van der Waals surface area contributed by atoms with Gasteiger partial charge in [0.25, 0.3) is 0 Å². The van der Waals surface area contributed by atoms with E-state index in [2.05, 4.69) is 26.7 Å². The van der Waals surface area contributed by atoms with Crippen molar-refractivity contribution in [2.24, 2.45) is 11.8 Å². The maximum atomic E-state index is 12.5. The van der Waals surface area contributed by atoms with Crippen molar-refractivity contribution in [2.75, 3.05) is 0 Å². The number of hydrogen-bond donors (Lipinski definition) is 1. The van der Waals surface area contributed by atoms with Gasteiger partial charge in [-0.1, -0.05) is 18.6 Å². The number of fused-ring (bicyclic) bond motifs is 5. The predicted molar refractivity (Wildman–Crippen MR) is 77.6 cm³/mol. The highest BCUT2D eigenvalue weighted by atomic mass is 16.1. The SMILES string of the molecule is O=c1[nH]c2cnc3c(c2n1[C@H]1C[C@@H]2CC[C@H]1C2)C=CC3. The fraction of sp³-hybridized carbons (Fsp3) is 0.500. The standard InChI is InChI=1S/C16H17N3O/c20-16-18-13-8-17-12-3-1-2-11(12)15(13)19(16)14-7-9-4-5-10(14)6-9/h1-2,8-10,14H,3-7H2,(H,18,20)/t9-,10+,14+/m1/s1. The molecule has 0 amide bonds. The number of H-pyrrole nitrogens is 1. The van der Waals surface area contributed by atoms with Crippen molar-refractivity contribution < 1.29 is 0 Å². The Bertz CT molecular complexity index is 798. The highest BCUT2D eigenvalue weighted by molar-refractivity contribution is 5.87. The lowest BCUT2D eigenvalue weighted by molar-refractivity contribution is 0.330. The minimum atomic E-state index is 0.0491. The zero-order chi connectivity index (χ0) is 13.3. The maximum absolute atomic E-state index is 12.5. The average molecular weight is 267 g/mol. The Morgan fingerprint density at radius 3 is 3.05 bits per heavy atom. The van der Waals surface area contributed by atoms with Crippen molar-refractivity contribution >= 4 is 17.1 Å². The predicted octanol–water partition coefficient (Wildman–Crippen LogP) is 2.66. The summed E-state index contributed by atoms with van der Waals surface area (Å²) >= 11 is 0. The van der Waals surface area contributed by atoms with E-state index in [4.69, 9.17) is 0 Å². The van der Waals surface area contributed by atoms with Gasteiger partial charge in [-0.25, -0.2) is 4.79 Å². The third-order valence-corrected chi connectivity index (χ3v) is 5.50. The van der Waals surface area contributed by atoms with Crippen LogP contribution in [0.25, 0.3) is 17.1 Å². The number of allylic oxidation sites excluding steroid dienone is 1. The molecular weight excluding hydrogens is 250 g/mol. The van der Waals surface area contributed by atoms with Gasteiger partial charge in [-0.05, 0) is 31.1 Å². The maximum Gasteiger partial charge on any atom is 0.326 e. The Labute approximate surface area is 116 Å². The first kappa shape index (κ1) is 10.9. The molecule has 0 aliphatic heterocycles. The minimum Gasteiger partial charge on any atom is -0.304 e. The largest absolute Gasteiger partial charge is 0.326 e. The molecule has 4 nitrogen and oxygen atoms in total. The number of hydrogen-bond acceptors (Lipinski definition) is 2. The summed E-state index contributed by atoms with van der Waals surface area (Å²) in [6, 6.07) is 0.399. The van der Waals surface area contributed by atoms with E-state index in [1.165, 1.54) is 25.7 Å². The Kier molecular flexibility index (Phi) is 1.97. The highest BCUT2D eigenvalue weighted by Crippen LogP contribution is 2.51. The number of nitrogens with one attached hydrogen (secondary N) is 1. The molecule has 3 aliphatic rings.